The predicted molar refractivity (Wildman–Crippen MR) is 59.5 cm³/mol. The first-order chi connectivity index (χ1) is 7.15. The Morgan fingerprint density at radius 3 is 2.60 bits per heavy atom. The number of hydrogen-bond acceptors (Lipinski definition) is 3. The van der Waals surface area contributed by atoms with Crippen molar-refractivity contribution in [2.45, 2.75) is 50.7 Å². The minimum atomic E-state index is -0.154. The Morgan fingerprint density at radius 2 is 2.27 bits per heavy atom. The van der Waals surface area contributed by atoms with Crippen molar-refractivity contribution in [1.82, 2.24) is 5.32 Å². The van der Waals surface area contributed by atoms with E-state index < -0.39 is 0 Å². The molecule has 1 atom stereocenters. The number of rotatable bonds is 6. The third-order valence-electron chi connectivity index (χ3n) is 3.40. The number of ether oxygens (including phenoxy) is 1. The van der Waals surface area contributed by atoms with Gasteiger partial charge in [0.15, 0.2) is 0 Å². The summed E-state index contributed by atoms with van der Waals surface area (Å²) in [6, 6.07) is 0. The molecule has 4 heteroatoms. The van der Waals surface area contributed by atoms with Crippen molar-refractivity contribution < 1.29 is 9.53 Å². The summed E-state index contributed by atoms with van der Waals surface area (Å²) in [4.78, 5) is 11.7. The zero-order chi connectivity index (χ0) is 11.3. The Kier molecular flexibility index (Phi) is 4.54. The minimum Gasteiger partial charge on any atom is -0.380 e. The highest BCUT2D eigenvalue weighted by Crippen LogP contribution is 2.34. The maximum absolute atomic E-state index is 11.7. The number of nitrogens with two attached hydrogens (primary N) is 1. The monoisotopic (exact) mass is 214 g/mol. The molecule has 0 bridgehead atoms. The van der Waals surface area contributed by atoms with Gasteiger partial charge in [-0.3, -0.25) is 4.79 Å². The number of hydrogen-bond donors (Lipinski definition) is 2. The Bertz CT molecular complexity index is 205. The van der Waals surface area contributed by atoms with E-state index in [0.717, 1.165) is 19.3 Å². The average Bonchev–Trinajstić information content (AvgIpc) is 2.20. The molecular formula is C11H22N2O2. The van der Waals surface area contributed by atoms with Crippen LogP contribution in [-0.4, -0.2) is 31.2 Å². The highest BCUT2D eigenvalue weighted by Gasteiger charge is 2.36. The fourth-order valence-electron chi connectivity index (χ4n) is 1.99. The lowest BCUT2D eigenvalue weighted by atomic mass is 9.75. The van der Waals surface area contributed by atoms with E-state index in [1.54, 1.807) is 7.11 Å². The average molecular weight is 214 g/mol. The Labute approximate surface area is 91.5 Å². The summed E-state index contributed by atoms with van der Waals surface area (Å²) >= 11 is 0. The van der Waals surface area contributed by atoms with Crippen molar-refractivity contribution in [2.75, 3.05) is 13.7 Å². The molecule has 88 valence electrons. The second-order valence-electron chi connectivity index (χ2n) is 4.33. The van der Waals surface area contributed by atoms with Crippen molar-refractivity contribution in [3.8, 4) is 0 Å². The van der Waals surface area contributed by atoms with E-state index in [4.69, 9.17) is 10.5 Å². The summed E-state index contributed by atoms with van der Waals surface area (Å²) in [7, 11) is 1.59. The molecule has 1 aliphatic carbocycles. The molecule has 0 heterocycles. The zero-order valence-electron chi connectivity index (χ0n) is 9.71. The van der Waals surface area contributed by atoms with Crippen LogP contribution in [0.2, 0.25) is 0 Å². The molecule has 1 saturated carbocycles. The lowest BCUT2D eigenvalue weighted by molar-refractivity contribution is -0.126. The van der Waals surface area contributed by atoms with E-state index in [0.29, 0.717) is 13.0 Å². The van der Waals surface area contributed by atoms with Gasteiger partial charge in [0.2, 0.25) is 5.91 Å². The molecular weight excluding hydrogens is 192 g/mol. The van der Waals surface area contributed by atoms with E-state index in [-0.39, 0.29) is 17.6 Å². The van der Waals surface area contributed by atoms with Crippen LogP contribution in [0.4, 0.5) is 0 Å². The SMILES string of the molecule is CCC1(NC(=O)CC(CN)OC)CCC1. The number of carbonyl (C=O) groups excluding carboxylic acids is 1. The van der Waals surface area contributed by atoms with E-state index >= 15 is 0 Å². The van der Waals surface area contributed by atoms with E-state index in [2.05, 4.69) is 12.2 Å². The summed E-state index contributed by atoms with van der Waals surface area (Å²) in [5, 5.41) is 3.10. The largest absolute Gasteiger partial charge is 0.380 e. The molecule has 1 aliphatic rings. The number of amides is 1. The van der Waals surface area contributed by atoms with Crippen molar-refractivity contribution in [1.29, 1.82) is 0 Å². The van der Waals surface area contributed by atoms with Crippen molar-refractivity contribution >= 4 is 5.91 Å². The van der Waals surface area contributed by atoms with Crippen molar-refractivity contribution in [2.24, 2.45) is 5.73 Å². The molecule has 4 nitrogen and oxygen atoms in total. The van der Waals surface area contributed by atoms with Gasteiger partial charge in [-0.25, -0.2) is 0 Å². The zero-order valence-corrected chi connectivity index (χ0v) is 9.71. The molecule has 0 aromatic rings. The van der Waals surface area contributed by atoms with Crippen LogP contribution in [0.25, 0.3) is 0 Å². The van der Waals surface area contributed by atoms with Gasteiger partial charge < -0.3 is 15.8 Å². The lowest BCUT2D eigenvalue weighted by Crippen LogP contribution is -2.53. The number of methoxy groups -OCH3 is 1. The standard InChI is InChI=1S/C11H22N2O2/c1-3-11(5-4-6-11)13-10(14)7-9(8-12)15-2/h9H,3-8,12H2,1-2H3,(H,13,14). The maximum atomic E-state index is 11.7. The molecule has 1 unspecified atom stereocenters. The third kappa shape index (κ3) is 3.18. The van der Waals surface area contributed by atoms with Crippen LogP contribution < -0.4 is 11.1 Å². The minimum absolute atomic E-state index is 0.0638. The van der Waals surface area contributed by atoms with Crippen LogP contribution in [-0.2, 0) is 9.53 Å². The Balaban J connectivity index is 2.34. The summed E-state index contributed by atoms with van der Waals surface area (Å²) in [5.74, 6) is 0.0638. The molecule has 15 heavy (non-hydrogen) atoms. The normalized spacial score (nSPS) is 20.5. The van der Waals surface area contributed by atoms with Crippen LogP contribution in [0.3, 0.4) is 0 Å². The number of nitrogens with one attached hydrogen (secondary N) is 1. The molecule has 1 rings (SSSR count). The Morgan fingerprint density at radius 1 is 1.60 bits per heavy atom. The summed E-state index contributed by atoms with van der Waals surface area (Å²) < 4.78 is 5.08. The first-order valence-corrected chi connectivity index (χ1v) is 5.69. The second-order valence-corrected chi connectivity index (χ2v) is 4.33. The first-order valence-electron chi connectivity index (χ1n) is 5.69. The van der Waals surface area contributed by atoms with Crippen LogP contribution in [0.1, 0.15) is 39.0 Å². The van der Waals surface area contributed by atoms with Gasteiger partial charge >= 0.3 is 0 Å². The van der Waals surface area contributed by atoms with E-state index in [1.165, 1.54) is 6.42 Å². The summed E-state index contributed by atoms with van der Waals surface area (Å²) in [6.07, 6.45) is 4.66. The second kappa shape index (κ2) is 5.47. The molecule has 0 aromatic carbocycles. The van der Waals surface area contributed by atoms with Crippen LogP contribution in [0, 0.1) is 0 Å². The summed E-state index contributed by atoms with van der Waals surface area (Å²) in [5.41, 5.74) is 5.54. The highest BCUT2D eigenvalue weighted by molar-refractivity contribution is 5.77. The van der Waals surface area contributed by atoms with Gasteiger partial charge in [-0.2, -0.15) is 0 Å². The van der Waals surface area contributed by atoms with Crippen LogP contribution in [0.15, 0.2) is 0 Å². The molecule has 3 N–H and O–H groups in total. The van der Waals surface area contributed by atoms with Crippen LogP contribution >= 0.6 is 0 Å². The third-order valence-corrected chi connectivity index (χ3v) is 3.40. The van der Waals surface area contributed by atoms with Crippen molar-refractivity contribution in [3.63, 3.8) is 0 Å². The first kappa shape index (κ1) is 12.5. The molecule has 1 fully saturated rings. The Hall–Kier alpha value is -0.610. The van der Waals surface area contributed by atoms with Gasteiger partial charge in [0, 0.05) is 19.2 Å². The predicted octanol–water partition coefficient (Wildman–Crippen LogP) is 0.799. The van der Waals surface area contributed by atoms with Gasteiger partial charge in [0.05, 0.1) is 12.5 Å². The maximum Gasteiger partial charge on any atom is 0.223 e. The van der Waals surface area contributed by atoms with Gasteiger partial charge in [0.25, 0.3) is 0 Å². The molecule has 0 aromatic heterocycles. The van der Waals surface area contributed by atoms with Gasteiger partial charge in [0.1, 0.15) is 0 Å². The summed E-state index contributed by atoms with van der Waals surface area (Å²) in [6.45, 7) is 2.51. The fourth-order valence-corrected chi connectivity index (χ4v) is 1.99. The van der Waals surface area contributed by atoms with Gasteiger partial charge in [-0.05, 0) is 25.7 Å². The number of carbonyl (C=O) groups is 1. The quantitative estimate of drug-likeness (QED) is 0.687. The molecule has 0 spiro atoms. The fraction of sp³-hybridized carbons (Fsp3) is 0.909. The van der Waals surface area contributed by atoms with Crippen molar-refractivity contribution in [3.05, 3.63) is 0 Å². The molecule has 0 radical (unpaired) electrons. The highest BCUT2D eigenvalue weighted by atomic mass is 16.5. The smallest absolute Gasteiger partial charge is 0.223 e. The topological polar surface area (TPSA) is 64.4 Å². The van der Waals surface area contributed by atoms with Gasteiger partial charge in [-0.15, -0.1) is 0 Å². The van der Waals surface area contributed by atoms with Gasteiger partial charge in [-0.1, -0.05) is 6.92 Å². The molecule has 0 aliphatic heterocycles. The molecule has 0 saturated heterocycles. The van der Waals surface area contributed by atoms with E-state index in [9.17, 15) is 4.79 Å². The van der Waals surface area contributed by atoms with E-state index in [1.807, 2.05) is 0 Å². The van der Waals surface area contributed by atoms with Crippen LogP contribution in [0.5, 0.6) is 0 Å². The molecule has 1 amide bonds. The lowest BCUT2D eigenvalue weighted by Gasteiger charge is -2.42.